The third-order valence-electron chi connectivity index (χ3n) is 3.51. The second kappa shape index (κ2) is 5.81. The average Bonchev–Trinajstić information content (AvgIpc) is 3.15. The molecule has 114 valence electrons. The number of hydrogen-bond acceptors (Lipinski definition) is 5. The van der Waals surface area contributed by atoms with Crippen LogP contribution in [0.3, 0.4) is 0 Å². The molecule has 0 saturated heterocycles. The van der Waals surface area contributed by atoms with Gasteiger partial charge in [0.05, 0.1) is 0 Å². The molecule has 0 unspecified atom stereocenters. The summed E-state index contributed by atoms with van der Waals surface area (Å²) in [7, 11) is 0. The zero-order valence-corrected chi connectivity index (χ0v) is 13.3. The number of aromatic nitrogens is 4. The predicted octanol–water partition coefficient (Wildman–Crippen LogP) is 3.74. The Hall–Kier alpha value is -2.73. The van der Waals surface area contributed by atoms with Crippen LogP contribution >= 0.6 is 11.3 Å². The fourth-order valence-electron chi connectivity index (χ4n) is 2.34. The molecule has 5 nitrogen and oxygen atoms in total. The van der Waals surface area contributed by atoms with Gasteiger partial charge in [0.2, 0.25) is 4.96 Å². The van der Waals surface area contributed by atoms with E-state index in [0.29, 0.717) is 6.61 Å². The molecule has 0 N–H and O–H groups in total. The van der Waals surface area contributed by atoms with Crippen molar-refractivity contribution in [2.45, 2.75) is 13.5 Å². The number of aryl methyl sites for hydroxylation is 1. The molecule has 0 fully saturated rings. The van der Waals surface area contributed by atoms with E-state index in [9.17, 15) is 0 Å². The van der Waals surface area contributed by atoms with E-state index in [-0.39, 0.29) is 0 Å². The fourth-order valence-corrected chi connectivity index (χ4v) is 3.09. The standard InChI is InChI=1S/C17H14N4OS/c1-12-7-5-6-10-14(12)22-11-15-20-21-16(18-19-17(21)23-15)13-8-3-2-4-9-13/h2-10H,11H2,1H3. The molecule has 0 radical (unpaired) electrons. The maximum atomic E-state index is 5.85. The Morgan fingerprint density at radius 3 is 2.61 bits per heavy atom. The molecule has 0 spiro atoms. The van der Waals surface area contributed by atoms with Crippen LogP contribution in [0.5, 0.6) is 5.75 Å². The van der Waals surface area contributed by atoms with E-state index in [2.05, 4.69) is 15.3 Å². The van der Waals surface area contributed by atoms with E-state index in [4.69, 9.17) is 4.74 Å². The first-order chi connectivity index (χ1) is 11.3. The molecule has 4 rings (SSSR count). The molecule has 0 aliphatic heterocycles. The summed E-state index contributed by atoms with van der Waals surface area (Å²) in [4.78, 5) is 0.771. The van der Waals surface area contributed by atoms with E-state index in [1.54, 1.807) is 4.52 Å². The lowest BCUT2D eigenvalue weighted by atomic mass is 10.2. The van der Waals surface area contributed by atoms with Crippen molar-refractivity contribution in [3.05, 3.63) is 65.2 Å². The predicted molar refractivity (Wildman–Crippen MR) is 89.6 cm³/mol. The highest BCUT2D eigenvalue weighted by Gasteiger charge is 2.13. The lowest BCUT2D eigenvalue weighted by molar-refractivity contribution is 0.302. The SMILES string of the molecule is Cc1ccccc1OCc1nn2c(-c3ccccc3)nnc2s1. The van der Waals surface area contributed by atoms with Crippen LogP contribution in [0.15, 0.2) is 54.6 Å². The number of rotatable bonds is 4. The summed E-state index contributed by atoms with van der Waals surface area (Å²) in [6, 6.07) is 17.9. The Kier molecular flexibility index (Phi) is 3.51. The Morgan fingerprint density at radius 2 is 1.78 bits per heavy atom. The van der Waals surface area contributed by atoms with Crippen molar-refractivity contribution in [1.29, 1.82) is 0 Å². The smallest absolute Gasteiger partial charge is 0.235 e. The Balaban J connectivity index is 1.60. The van der Waals surface area contributed by atoms with Gasteiger partial charge in [0.25, 0.3) is 0 Å². The van der Waals surface area contributed by atoms with Crippen molar-refractivity contribution in [2.75, 3.05) is 0 Å². The first-order valence-electron chi connectivity index (χ1n) is 7.26. The lowest BCUT2D eigenvalue weighted by Gasteiger charge is -2.06. The van der Waals surface area contributed by atoms with Crippen LogP contribution in [0.1, 0.15) is 10.6 Å². The summed E-state index contributed by atoms with van der Waals surface area (Å²) in [6.45, 7) is 2.45. The molecule has 0 atom stereocenters. The highest BCUT2D eigenvalue weighted by molar-refractivity contribution is 7.16. The molecule has 2 aromatic heterocycles. The van der Waals surface area contributed by atoms with Crippen molar-refractivity contribution in [3.63, 3.8) is 0 Å². The molecule has 4 aromatic rings. The van der Waals surface area contributed by atoms with Crippen LogP contribution in [-0.4, -0.2) is 19.8 Å². The summed E-state index contributed by atoms with van der Waals surface area (Å²) in [6.07, 6.45) is 0. The summed E-state index contributed by atoms with van der Waals surface area (Å²) in [5, 5.41) is 13.9. The van der Waals surface area contributed by atoms with Gasteiger partial charge in [-0.25, -0.2) is 0 Å². The maximum absolute atomic E-state index is 5.85. The molecule has 0 bridgehead atoms. The summed E-state index contributed by atoms with van der Waals surface area (Å²) in [5.41, 5.74) is 2.11. The molecule has 0 saturated carbocycles. The van der Waals surface area contributed by atoms with Crippen molar-refractivity contribution < 1.29 is 4.74 Å². The van der Waals surface area contributed by atoms with E-state index in [0.717, 1.165) is 32.7 Å². The minimum Gasteiger partial charge on any atom is -0.486 e. The van der Waals surface area contributed by atoms with E-state index < -0.39 is 0 Å². The number of para-hydroxylation sites is 1. The van der Waals surface area contributed by atoms with Gasteiger partial charge in [0.15, 0.2) is 10.8 Å². The van der Waals surface area contributed by atoms with Crippen LogP contribution in [0.2, 0.25) is 0 Å². The van der Waals surface area contributed by atoms with Gasteiger partial charge in [-0.15, -0.1) is 10.2 Å². The summed E-state index contributed by atoms with van der Waals surface area (Å²) < 4.78 is 7.63. The quantitative estimate of drug-likeness (QED) is 0.574. The number of nitrogens with zero attached hydrogens (tertiary/aromatic N) is 4. The van der Waals surface area contributed by atoms with Crippen molar-refractivity contribution in [1.82, 2.24) is 19.8 Å². The van der Waals surface area contributed by atoms with Crippen LogP contribution in [-0.2, 0) is 6.61 Å². The number of benzene rings is 2. The molecule has 0 amide bonds. The van der Waals surface area contributed by atoms with Crippen LogP contribution < -0.4 is 4.74 Å². The highest BCUT2D eigenvalue weighted by Crippen LogP contribution is 2.23. The van der Waals surface area contributed by atoms with Gasteiger partial charge in [0.1, 0.15) is 12.4 Å². The number of ether oxygens (including phenoxy) is 1. The second-order valence-electron chi connectivity index (χ2n) is 5.13. The first kappa shape index (κ1) is 13.9. The largest absolute Gasteiger partial charge is 0.486 e. The van der Waals surface area contributed by atoms with Gasteiger partial charge in [-0.2, -0.15) is 9.61 Å². The normalized spacial score (nSPS) is 11.0. The van der Waals surface area contributed by atoms with Gasteiger partial charge >= 0.3 is 0 Å². The topological polar surface area (TPSA) is 52.3 Å². The first-order valence-corrected chi connectivity index (χ1v) is 8.08. The van der Waals surface area contributed by atoms with Crippen LogP contribution in [0.4, 0.5) is 0 Å². The molecule has 0 aliphatic rings. The third kappa shape index (κ3) is 2.68. The minimum absolute atomic E-state index is 0.424. The third-order valence-corrected chi connectivity index (χ3v) is 4.38. The van der Waals surface area contributed by atoms with Crippen LogP contribution in [0, 0.1) is 6.92 Å². The number of hydrogen-bond donors (Lipinski definition) is 0. The Labute approximate surface area is 137 Å². The zero-order chi connectivity index (χ0) is 15.6. The van der Waals surface area contributed by atoms with Gasteiger partial charge < -0.3 is 4.74 Å². The van der Waals surface area contributed by atoms with Crippen molar-refractivity contribution in [2.24, 2.45) is 0 Å². The monoisotopic (exact) mass is 322 g/mol. The van der Waals surface area contributed by atoms with Gasteiger partial charge in [0, 0.05) is 5.56 Å². The minimum atomic E-state index is 0.424. The van der Waals surface area contributed by atoms with Gasteiger partial charge in [-0.05, 0) is 18.6 Å². The molecule has 2 aromatic carbocycles. The van der Waals surface area contributed by atoms with Crippen LogP contribution in [0.25, 0.3) is 16.3 Å². The lowest BCUT2D eigenvalue weighted by Crippen LogP contribution is -1.98. The Morgan fingerprint density at radius 1 is 1.00 bits per heavy atom. The highest BCUT2D eigenvalue weighted by atomic mass is 32.1. The average molecular weight is 322 g/mol. The Bertz CT molecular complexity index is 946. The second-order valence-corrected chi connectivity index (χ2v) is 6.17. The zero-order valence-electron chi connectivity index (χ0n) is 12.5. The van der Waals surface area contributed by atoms with E-state index >= 15 is 0 Å². The van der Waals surface area contributed by atoms with Gasteiger partial charge in [-0.3, -0.25) is 0 Å². The molecular formula is C17H14N4OS. The molecule has 2 heterocycles. The molecule has 23 heavy (non-hydrogen) atoms. The maximum Gasteiger partial charge on any atom is 0.235 e. The van der Waals surface area contributed by atoms with E-state index in [1.807, 2.05) is 61.5 Å². The summed E-state index contributed by atoms with van der Waals surface area (Å²) >= 11 is 1.49. The van der Waals surface area contributed by atoms with Crippen molar-refractivity contribution in [3.8, 4) is 17.1 Å². The molecular weight excluding hydrogens is 308 g/mol. The summed E-state index contributed by atoms with van der Waals surface area (Å²) in [5.74, 6) is 1.63. The number of fused-ring (bicyclic) bond motifs is 1. The fraction of sp³-hybridized carbons (Fsp3) is 0.118. The molecule has 6 heteroatoms. The van der Waals surface area contributed by atoms with E-state index in [1.165, 1.54) is 11.3 Å². The molecule has 0 aliphatic carbocycles. The van der Waals surface area contributed by atoms with Crippen molar-refractivity contribution >= 4 is 16.3 Å². The van der Waals surface area contributed by atoms with Gasteiger partial charge in [-0.1, -0.05) is 59.9 Å².